The first-order chi connectivity index (χ1) is 8.15. The Hall–Kier alpha value is -1.26. The summed E-state index contributed by atoms with van der Waals surface area (Å²) < 4.78 is 13.9. The maximum atomic E-state index is 10.8. The van der Waals surface area contributed by atoms with Gasteiger partial charge in [0.1, 0.15) is 0 Å². The van der Waals surface area contributed by atoms with Gasteiger partial charge in [-0.15, -0.1) is 0 Å². The van der Waals surface area contributed by atoms with Gasteiger partial charge < -0.3 is 14.2 Å². The Morgan fingerprint density at radius 3 is 1.67 bits per heavy atom. The van der Waals surface area contributed by atoms with Crippen molar-refractivity contribution < 1.29 is 23.8 Å². The van der Waals surface area contributed by atoms with Crippen LogP contribution in [-0.2, 0) is 19.0 Å². The molecule has 0 aromatic rings. The van der Waals surface area contributed by atoms with E-state index in [0.717, 1.165) is 0 Å². The highest BCUT2D eigenvalue weighted by Crippen LogP contribution is 2.14. The van der Waals surface area contributed by atoms with E-state index in [4.69, 9.17) is 4.74 Å². The molecule has 0 aliphatic heterocycles. The van der Waals surface area contributed by atoms with Gasteiger partial charge in [0, 0.05) is 0 Å². The van der Waals surface area contributed by atoms with Gasteiger partial charge in [0.05, 0.1) is 24.7 Å². The maximum Gasteiger partial charge on any atom is 0.508 e. The lowest BCUT2D eigenvalue weighted by Crippen LogP contribution is -2.22. The Bertz CT molecular complexity index is 240. The van der Waals surface area contributed by atoms with Gasteiger partial charge in [0.2, 0.25) is 0 Å². The molecule has 0 atom stereocenters. The van der Waals surface area contributed by atoms with Crippen molar-refractivity contribution in [2.75, 3.05) is 13.2 Å². The number of hydrogen-bond donors (Lipinski definition) is 0. The van der Waals surface area contributed by atoms with E-state index < -0.39 is 6.16 Å². The summed E-state index contributed by atoms with van der Waals surface area (Å²) in [6.45, 7) is 13.4. The number of carbonyl (C=O) groups excluding carboxylic acids is 2. The standard InChI is InChI=1S/C7H14O2.C6H12O3/c1-5-9-6(8)7(2,3)4;1-4-8-6(7)9-5(2)3/h5H2,1-4H3;5H,4H2,1-3H3. The maximum absolute atomic E-state index is 10.8. The van der Waals surface area contributed by atoms with E-state index in [1.54, 1.807) is 20.8 Å². The Morgan fingerprint density at radius 1 is 1.00 bits per heavy atom. The zero-order chi connectivity index (χ0) is 14.8. The quantitative estimate of drug-likeness (QED) is 0.731. The van der Waals surface area contributed by atoms with Crippen molar-refractivity contribution in [2.45, 2.75) is 54.6 Å². The van der Waals surface area contributed by atoms with Crippen LogP contribution in [0.3, 0.4) is 0 Å². The van der Waals surface area contributed by atoms with Gasteiger partial charge in [0.25, 0.3) is 0 Å². The molecule has 0 fully saturated rings. The molecule has 0 bridgehead atoms. The predicted molar refractivity (Wildman–Crippen MR) is 69.3 cm³/mol. The average Bonchev–Trinajstić information content (AvgIpc) is 2.16. The van der Waals surface area contributed by atoms with E-state index in [0.29, 0.717) is 13.2 Å². The molecule has 0 spiro atoms. The molecule has 0 aromatic carbocycles. The molecule has 0 saturated carbocycles. The summed E-state index contributed by atoms with van der Waals surface area (Å²) in [5, 5.41) is 0. The van der Waals surface area contributed by atoms with Crippen molar-refractivity contribution in [1.29, 1.82) is 0 Å². The van der Waals surface area contributed by atoms with Crippen LogP contribution in [0, 0.1) is 5.41 Å². The predicted octanol–water partition coefficient (Wildman–Crippen LogP) is 3.16. The third-order valence-corrected chi connectivity index (χ3v) is 1.48. The fraction of sp³-hybridized carbons (Fsp3) is 0.846. The zero-order valence-electron chi connectivity index (χ0n) is 12.5. The molecule has 0 rings (SSSR count). The SMILES string of the molecule is CCOC(=O)C(C)(C)C.CCOC(=O)OC(C)C. The number of hydrogen-bond acceptors (Lipinski definition) is 5. The monoisotopic (exact) mass is 262 g/mol. The van der Waals surface area contributed by atoms with Crippen LogP contribution in [0.2, 0.25) is 0 Å². The van der Waals surface area contributed by atoms with Crippen LogP contribution in [0.4, 0.5) is 4.79 Å². The number of rotatable bonds is 3. The summed E-state index contributed by atoms with van der Waals surface area (Å²) in [5.41, 5.74) is -0.351. The summed E-state index contributed by atoms with van der Waals surface area (Å²) in [6, 6.07) is 0. The molecule has 0 saturated heterocycles. The summed E-state index contributed by atoms with van der Waals surface area (Å²) in [7, 11) is 0. The highest BCUT2D eigenvalue weighted by molar-refractivity contribution is 5.75. The second-order valence-electron chi connectivity index (χ2n) is 4.82. The van der Waals surface area contributed by atoms with E-state index in [1.807, 2.05) is 27.7 Å². The molecule has 0 aromatic heterocycles. The summed E-state index contributed by atoms with van der Waals surface area (Å²) >= 11 is 0. The minimum atomic E-state index is -0.590. The second-order valence-corrected chi connectivity index (χ2v) is 4.82. The topological polar surface area (TPSA) is 61.8 Å². The average molecular weight is 262 g/mol. The van der Waals surface area contributed by atoms with Gasteiger partial charge in [0.15, 0.2) is 0 Å². The van der Waals surface area contributed by atoms with Crippen LogP contribution in [0.15, 0.2) is 0 Å². The number of esters is 1. The molecule has 108 valence electrons. The molecule has 0 aliphatic rings. The van der Waals surface area contributed by atoms with Gasteiger partial charge >= 0.3 is 12.1 Å². The summed E-state index contributed by atoms with van der Waals surface area (Å²) in [4.78, 5) is 21.3. The van der Waals surface area contributed by atoms with E-state index in [9.17, 15) is 9.59 Å². The fourth-order valence-corrected chi connectivity index (χ4v) is 0.692. The number of ether oxygens (including phenoxy) is 3. The minimum Gasteiger partial charge on any atom is -0.466 e. The lowest BCUT2D eigenvalue weighted by atomic mass is 9.97. The lowest BCUT2D eigenvalue weighted by Gasteiger charge is -2.14. The molecule has 0 amide bonds. The van der Waals surface area contributed by atoms with Gasteiger partial charge in [-0.05, 0) is 48.5 Å². The molecular weight excluding hydrogens is 236 g/mol. The van der Waals surface area contributed by atoms with Crippen molar-refractivity contribution in [3.05, 3.63) is 0 Å². The van der Waals surface area contributed by atoms with Gasteiger partial charge in [-0.3, -0.25) is 4.79 Å². The molecule has 0 N–H and O–H groups in total. The molecule has 5 heteroatoms. The number of carbonyl (C=O) groups is 2. The van der Waals surface area contributed by atoms with Crippen LogP contribution >= 0.6 is 0 Å². The molecule has 0 radical (unpaired) electrons. The largest absolute Gasteiger partial charge is 0.508 e. The van der Waals surface area contributed by atoms with Crippen LogP contribution in [0.5, 0.6) is 0 Å². The highest BCUT2D eigenvalue weighted by Gasteiger charge is 2.21. The minimum absolute atomic E-state index is 0.0935. The normalized spacial score (nSPS) is 10.2. The summed E-state index contributed by atoms with van der Waals surface area (Å²) in [5.74, 6) is -0.134. The fourth-order valence-electron chi connectivity index (χ4n) is 0.692. The van der Waals surface area contributed by atoms with Crippen LogP contribution in [0.1, 0.15) is 48.5 Å². The lowest BCUT2D eigenvalue weighted by molar-refractivity contribution is -0.152. The van der Waals surface area contributed by atoms with Gasteiger partial charge in [-0.1, -0.05) is 0 Å². The van der Waals surface area contributed by atoms with E-state index in [2.05, 4.69) is 9.47 Å². The van der Waals surface area contributed by atoms with Crippen molar-refractivity contribution in [3.8, 4) is 0 Å². The first-order valence-corrected chi connectivity index (χ1v) is 6.15. The van der Waals surface area contributed by atoms with Crippen molar-refractivity contribution in [2.24, 2.45) is 5.41 Å². The van der Waals surface area contributed by atoms with Crippen LogP contribution in [-0.4, -0.2) is 31.4 Å². The van der Waals surface area contributed by atoms with Crippen molar-refractivity contribution in [3.63, 3.8) is 0 Å². The first kappa shape index (κ1) is 19.1. The summed E-state index contributed by atoms with van der Waals surface area (Å²) in [6.07, 6.45) is -0.684. The third-order valence-electron chi connectivity index (χ3n) is 1.48. The van der Waals surface area contributed by atoms with Crippen molar-refractivity contribution in [1.82, 2.24) is 0 Å². The van der Waals surface area contributed by atoms with Gasteiger partial charge in [-0.25, -0.2) is 4.79 Å². The molecule has 0 unspecified atom stereocenters. The first-order valence-electron chi connectivity index (χ1n) is 6.15. The zero-order valence-corrected chi connectivity index (χ0v) is 12.5. The Labute approximate surface area is 110 Å². The van der Waals surface area contributed by atoms with E-state index in [-0.39, 0.29) is 17.5 Å². The van der Waals surface area contributed by atoms with E-state index in [1.165, 1.54) is 0 Å². The van der Waals surface area contributed by atoms with Crippen molar-refractivity contribution >= 4 is 12.1 Å². The smallest absolute Gasteiger partial charge is 0.466 e. The molecule has 18 heavy (non-hydrogen) atoms. The Morgan fingerprint density at radius 2 is 1.44 bits per heavy atom. The van der Waals surface area contributed by atoms with Crippen LogP contribution in [0.25, 0.3) is 0 Å². The molecule has 5 nitrogen and oxygen atoms in total. The second kappa shape index (κ2) is 9.74. The highest BCUT2D eigenvalue weighted by atomic mass is 16.7. The Balaban J connectivity index is 0. The Kier molecular flexibility index (Phi) is 10.3. The molecule has 0 aliphatic carbocycles. The van der Waals surface area contributed by atoms with Crippen LogP contribution < -0.4 is 0 Å². The van der Waals surface area contributed by atoms with Gasteiger partial charge in [-0.2, -0.15) is 0 Å². The third kappa shape index (κ3) is 12.8. The molecule has 0 heterocycles. The molecular formula is C13H26O5. The van der Waals surface area contributed by atoms with E-state index >= 15 is 0 Å².